The fourth-order valence-corrected chi connectivity index (χ4v) is 2.75. The van der Waals surface area contributed by atoms with Crippen molar-refractivity contribution in [3.8, 4) is 5.75 Å². The van der Waals surface area contributed by atoms with Crippen molar-refractivity contribution >= 4 is 11.0 Å². The molecule has 0 spiro atoms. The van der Waals surface area contributed by atoms with Crippen molar-refractivity contribution in [1.29, 1.82) is 0 Å². The number of nitrogens with zero attached hydrogens (tertiary/aromatic N) is 2. The lowest BCUT2D eigenvalue weighted by Crippen LogP contribution is -2.38. The van der Waals surface area contributed by atoms with E-state index in [4.69, 9.17) is 13.9 Å². The van der Waals surface area contributed by atoms with E-state index in [0.29, 0.717) is 17.9 Å². The zero-order valence-electron chi connectivity index (χ0n) is 13.6. The van der Waals surface area contributed by atoms with E-state index in [0.717, 1.165) is 43.9 Å². The van der Waals surface area contributed by atoms with Crippen LogP contribution in [-0.2, 0) is 4.74 Å². The third-order valence-corrected chi connectivity index (χ3v) is 3.97. The summed E-state index contributed by atoms with van der Waals surface area (Å²) in [7, 11) is 0. The van der Waals surface area contributed by atoms with Gasteiger partial charge in [0.2, 0.25) is 0 Å². The molecular weight excluding hydrogens is 296 g/mol. The van der Waals surface area contributed by atoms with Crippen LogP contribution < -0.4 is 10.5 Å². The van der Waals surface area contributed by atoms with E-state index in [2.05, 4.69) is 9.88 Å². The Morgan fingerprint density at radius 1 is 1.30 bits per heavy atom. The fraction of sp³-hybridized carbons (Fsp3) is 0.529. The average Bonchev–Trinajstić information content (AvgIpc) is 2.55. The quantitative estimate of drug-likeness (QED) is 0.840. The van der Waals surface area contributed by atoms with Crippen LogP contribution in [0.1, 0.15) is 25.5 Å². The summed E-state index contributed by atoms with van der Waals surface area (Å²) in [5.41, 5.74) is 1.23. The Hall–Kier alpha value is -1.92. The van der Waals surface area contributed by atoms with Crippen LogP contribution >= 0.6 is 0 Å². The molecule has 6 heteroatoms. The first-order valence-corrected chi connectivity index (χ1v) is 8.02. The Balaban J connectivity index is 1.79. The molecule has 0 atom stereocenters. The molecule has 3 rings (SSSR count). The molecule has 23 heavy (non-hydrogen) atoms. The molecule has 2 aromatic rings. The molecule has 0 bridgehead atoms. The van der Waals surface area contributed by atoms with Crippen LogP contribution in [0.25, 0.3) is 11.0 Å². The van der Waals surface area contributed by atoms with E-state index < -0.39 is 5.76 Å². The second-order valence-electron chi connectivity index (χ2n) is 5.96. The van der Waals surface area contributed by atoms with Crippen molar-refractivity contribution in [1.82, 2.24) is 9.88 Å². The lowest BCUT2D eigenvalue weighted by Gasteiger charge is -2.26. The minimum Gasteiger partial charge on any atom is -0.488 e. The average molecular weight is 318 g/mol. The van der Waals surface area contributed by atoms with Gasteiger partial charge in [-0.3, -0.25) is 4.90 Å². The van der Waals surface area contributed by atoms with Gasteiger partial charge in [0.1, 0.15) is 6.61 Å². The van der Waals surface area contributed by atoms with Gasteiger partial charge in [-0.25, -0.2) is 4.79 Å². The maximum absolute atomic E-state index is 11.7. The minimum atomic E-state index is -0.578. The van der Waals surface area contributed by atoms with Crippen molar-refractivity contribution in [2.75, 3.05) is 39.5 Å². The number of benzene rings is 1. The van der Waals surface area contributed by atoms with E-state index in [9.17, 15) is 4.79 Å². The summed E-state index contributed by atoms with van der Waals surface area (Å²) < 4.78 is 16.5. The van der Waals surface area contributed by atoms with Crippen molar-refractivity contribution in [2.24, 2.45) is 0 Å². The summed E-state index contributed by atoms with van der Waals surface area (Å²) in [5, 5.41) is 0.837. The monoisotopic (exact) mass is 318 g/mol. The minimum absolute atomic E-state index is 0.144. The lowest BCUT2D eigenvalue weighted by atomic mass is 10.1. The van der Waals surface area contributed by atoms with Crippen molar-refractivity contribution in [3.63, 3.8) is 0 Å². The molecule has 0 amide bonds. The van der Waals surface area contributed by atoms with Crippen LogP contribution in [0.5, 0.6) is 5.75 Å². The molecule has 2 heterocycles. The Morgan fingerprint density at radius 3 is 2.83 bits per heavy atom. The molecule has 1 aromatic heterocycles. The molecule has 1 aliphatic rings. The molecule has 1 aliphatic heterocycles. The normalized spacial score (nSPS) is 16.1. The molecule has 0 saturated carbocycles. The van der Waals surface area contributed by atoms with Crippen LogP contribution in [0.2, 0.25) is 0 Å². The van der Waals surface area contributed by atoms with E-state index >= 15 is 0 Å². The van der Waals surface area contributed by atoms with Gasteiger partial charge in [0, 0.05) is 25.0 Å². The van der Waals surface area contributed by atoms with Gasteiger partial charge in [-0.2, -0.15) is 4.98 Å². The summed E-state index contributed by atoms with van der Waals surface area (Å²) >= 11 is 0. The maximum Gasteiger partial charge on any atom is 0.439 e. The number of aromatic nitrogens is 1. The van der Waals surface area contributed by atoms with Crippen LogP contribution in [0.3, 0.4) is 0 Å². The van der Waals surface area contributed by atoms with Crippen molar-refractivity contribution in [3.05, 3.63) is 34.4 Å². The summed E-state index contributed by atoms with van der Waals surface area (Å²) in [6.45, 7) is 8.78. The van der Waals surface area contributed by atoms with Gasteiger partial charge in [-0.15, -0.1) is 0 Å². The molecule has 0 aliphatic carbocycles. The van der Waals surface area contributed by atoms with E-state index in [1.807, 2.05) is 32.0 Å². The zero-order chi connectivity index (χ0) is 16.2. The fourth-order valence-electron chi connectivity index (χ4n) is 2.75. The van der Waals surface area contributed by atoms with Gasteiger partial charge in [0.15, 0.2) is 11.3 Å². The highest BCUT2D eigenvalue weighted by Gasteiger charge is 2.15. The molecule has 6 nitrogen and oxygen atoms in total. The van der Waals surface area contributed by atoms with E-state index in [-0.39, 0.29) is 5.92 Å². The summed E-state index contributed by atoms with van der Waals surface area (Å²) in [6.07, 6.45) is 0. The van der Waals surface area contributed by atoms with Gasteiger partial charge < -0.3 is 13.9 Å². The predicted octanol–water partition coefficient (Wildman–Crippen LogP) is 2.02. The van der Waals surface area contributed by atoms with E-state index in [1.165, 1.54) is 0 Å². The number of hydrogen-bond acceptors (Lipinski definition) is 6. The summed E-state index contributed by atoms with van der Waals surface area (Å²) in [6, 6.07) is 5.64. The molecule has 0 N–H and O–H groups in total. The van der Waals surface area contributed by atoms with Crippen LogP contribution in [0.4, 0.5) is 0 Å². The molecular formula is C17H22N2O4. The first-order valence-electron chi connectivity index (χ1n) is 8.02. The first-order chi connectivity index (χ1) is 11.1. The van der Waals surface area contributed by atoms with Crippen molar-refractivity contribution in [2.45, 2.75) is 19.8 Å². The second kappa shape index (κ2) is 7.10. The number of morpholine rings is 1. The second-order valence-corrected chi connectivity index (χ2v) is 5.96. The molecule has 1 saturated heterocycles. The smallest absolute Gasteiger partial charge is 0.439 e. The number of fused-ring (bicyclic) bond motifs is 1. The van der Waals surface area contributed by atoms with Gasteiger partial charge >= 0.3 is 5.76 Å². The first kappa shape index (κ1) is 16.0. The molecule has 1 aromatic carbocycles. The Morgan fingerprint density at radius 2 is 2.09 bits per heavy atom. The predicted molar refractivity (Wildman–Crippen MR) is 87.1 cm³/mol. The largest absolute Gasteiger partial charge is 0.488 e. The maximum atomic E-state index is 11.7. The van der Waals surface area contributed by atoms with Crippen LogP contribution in [0.15, 0.2) is 27.4 Å². The molecule has 1 fully saturated rings. The summed E-state index contributed by atoms with van der Waals surface area (Å²) in [4.78, 5) is 18.0. The zero-order valence-corrected chi connectivity index (χ0v) is 13.6. The number of rotatable bonds is 5. The Kier molecular flexibility index (Phi) is 4.93. The highest BCUT2D eigenvalue weighted by atomic mass is 16.5. The number of para-hydroxylation sites is 1. The number of hydrogen-bond donors (Lipinski definition) is 0. The third-order valence-electron chi connectivity index (χ3n) is 3.97. The highest BCUT2D eigenvalue weighted by Crippen LogP contribution is 2.28. The summed E-state index contributed by atoms with van der Waals surface area (Å²) in [5.74, 6) is 0.160. The molecule has 124 valence electrons. The van der Waals surface area contributed by atoms with Gasteiger partial charge in [0.25, 0.3) is 0 Å². The topological polar surface area (TPSA) is 64.8 Å². The van der Waals surface area contributed by atoms with Gasteiger partial charge in [-0.05, 0) is 18.1 Å². The highest BCUT2D eigenvalue weighted by molar-refractivity contribution is 5.84. The lowest BCUT2D eigenvalue weighted by molar-refractivity contribution is 0.0323. The van der Waals surface area contributed by atoms with Gasteiger partial charge in [0.05, 0.1) is 18.9 Å². The van der Waals surface area contributed by atoms with Crippen molar-refractivity contribution < 1.29 is 13.9 Å². The van der Waals surface area contributed by atoms with Gasteiger partial charge in [-0.1, -0.05) is 19.9 Å². The standard InChI is InChI=1S/C17H22N2O4/c1-12(2)15-13-4-3-5-14(16(13)23-17(20)18-15)22-11-8-19-6-9-21-10-7-19/h3-5,12H,6-11H2,1-2H3. The Bertz CT molecular complexity index is 720. The molecule has 0 radical (unpaired) electrons. The number of ether oxygens (including phenoxy) is 2. The van der Waals surface area contributed by atoms with E-state index in [1.54, 1.807) is 0 Å². The van der Waals surface area contributed by atoms with Crippen LogP contribution in [-0.4, -0.2) is 49.3 Å². The molecule has 0 unspecified atom stereocenters. The third kappa shape index (κ3) is 3.71. The van der Waals surface area contributed by atoms with Crippen LogP contribution in [0, 0.1) is 0 Å². The SMILES string of the molecule is CC(C)c1nc(=O)oc2c(OCCN3CCOCC3)cccc12. The Labute approximate surface area is 135 Å².